The first kappa shape index (κ1) is 18.4. The second-order valence-corrected chi connectivity index (χ2v) is 5.87. The fraction of sp³-hybridized carbons (Fsp3) is 0.786. The Balaban J connectivity index is 4.69. The molecule has 116 valence electrons. The lowest BCUT2D eigenvalue weighted by Crippen LogP contribution is -2.50. The molecule has 20 heavy (non-hydrogen) atoms. The van der Waals surface area contributed by atoms with Crippen molar-refractivity contribution in [2.24, 2.45) is 5.92 Å². The van der Waals surface area contributed by atoms with E-state index in [1.165, 1.54) is 6.92 Å². The zero-order valence-electron chi connectivity index (χ0n) is 13.2. The minimum Gasteiger partial charge on any atom is -0.458 e. The van der Waals surface area contributed by atoms with Gasteiger partial charge in [0, 0.05) is 6.92 Å². The number of amides is 2. The molecule has 0 fully saturated rings. The molecule has 0 aliphatic carbocycles. The molecule has 0 aromatic rings. The van der Waals surface area contributed by atoms with Gasteiger partial charge in [0.15, 0.2) is 0 Å². The van der Waals surface area contributed by atoms with Crippen molar-refractivity contribution in [2.75, 3.05) is 6.54 Å². The molecule has 0 aliphatic rings. The van der Waals surface area contributed by atoms with Gasteiger partial charge in [-0.1, -0.05) is 20.3 Å². The van der Waals surface area contributed by atoms with E-state index in [-0.39, 0.29) is 18.4 Å². The fourth-order valence-corrected chi connectivity index (χ4v) is 1.46. The Kier molecular flexibility index (Phi) is 7.24. The van der Waals surface area contributed by atoms with Gasteiger partial charge in [-0.15, -0.1) is 0 Å². The average Bonchev–Trinajstić information content (AvgIpc) is 2.30. The van der Waals surface area contributed by atoms with Crippen LogP contribution in [0.25, 0.3) is 0 Å². The highest BCUT2D eigenvalue weighted by Crippen LogP contribution is 2.14. The van der Waals surface area contributed by atoms with Gasteiger partial charge in [-0.25, -0.2) is 4.79 Å². The largest absolute Gasteiger partial charge is 0.458 e. The molecule has 0 bridgehead atoms. The molecule has 6 heteroatoms. The van der Waals surface area contributed by atoms with Crippen LogP contribution in [0.5, 0.6) is 0 Å². The van der Waals surface area contributed by atoms with E-state index in [4.69, 9.17) is 4.74 Å². The molecule has 0 saturated carbocycles. The number of hydrogen-bond acceptors (Lipinski definition) is 4. The minimum atomic E-state index is -0.708. The molecule has 0 aromatic heterocycles. The molecule has 2 amide bonds. The smallest absolute Gasteiger partial charge is 0.329 e. The first-order chi connectivity index (χ1) is 9.06. The summed E-state index contributed by atoms with van der Waals surface area (Å²) in [4.78, 5) is 34.6. The summed E-state index contributed by atoms with van der Waals surface area (Å²) in [6.45, 7) is 10.3. The lowest BCUT2D eigenvalue weighted by molar-refractivity contribution is -0.160. The van der Waals surface area contributed by atoms with Gasteiger partial charge >= 0.3 is 5.97 Å². The molecule has 6 nitrogen and oxygen atoms in total. The molecule has 2 atom stereocenters. The number of nitrogens with one attached hydrogen (secondary N) is 2. The van der Waals surface area contributed by atoms with Crippen LogP contribution in [0.4, 0.5) is 0 Å². The zero-order valence-corrected chi connectivity index (χ0v) is 13.2. The molecule has 0 unspecified atom stereocenters. The van der Waals surface area contributed by atoms with E-state index in [1.54, 1.807) is 20.8 Å². The quantitative estimate of drug-likeness (QED) is 0.713. The predicted molar refractivity (Wildman–Crippen MR) is 75.9 cm³/mol. The number of ether oxygens (including phenoxy) is 1. The third-order valence-corrected chi connectivity index (χ3v) is 2.69. The van der Waals surface area contributed by atoms with Crippen molar-refractivity contribution >= 4 is 17.8 Å². The van der Waals surface area contributed by atoms with Crippen LogP contribution in [0.15, 0.2) is 0 Å². The molecular formula is C14H26N2O4. The third kappa shape index (κ3) is 7.76. The van der Waals surface area contributed by atoms with Gasteiger partial charge in [0.2, 0.25) is 11.8 Å². The van der Waals surface area contributed by atoms with Crippen molar-refractivity contribution in [2.45, 2.75) is 59.6 Å². The van der Waals surface area contributed by atoms with E-state index in [2.05, 4.69) is 10.6 Å². The molecule has 0 aliphatic heterocycles. The summed E-state index contributed by atoms with van der Waals surface area (Å²) >= 11 is 0. The standard InChI is InChI=1S/C14H26N2O4/c1-7-9(2)12(13(19)20-14(4,5)6)16-11(18)8-15-10(3)17/h9,12H,7-8H2,1-6H3,(H,15,17)(H,16,18)/t9-,12-/m0/s1. The van der Waals surface area contributed by atoms with Gasteiger partial charge in [-0.2, -0.15) is 0 Å². The summed E-state index contributed by atoms with van der Waals surface area (Å²) in [5.74, 6) is -1.21. The maximum atomic E-state index is 12.1. The fourth-order valence-electron chi connectivity index (χ4n) is 1.46. The summed E-state index contributed by atoms with van der Waals surface area (Å²) in [5.41, 5.74) is -0.606. The Morgan fingerprint density at radius 2 is 1.75 bits per heavy atom. The highest BCUT2D eigenvalue weighted by atomic mass is 16.6. The van der Waals surface area contributed by atoms with E-state index < -0.39 is 23.5 Å². The minimum absolute atomic E-state index is 0.0499. The maximum Gasteiger partial charge on any atom is 0.329 e. The summed E-state index contributed by atoms with van der Waals surface area (Å²) in [7, 11) is 0. The number of rotatable bonds is 6. The van der Waals surface area contributed by atoms with Crippen molar-refractivity contribution in [1.82, 2.24) is 10.6 Å². The summed E-state index contributed by atoms with van der Waals surface area (Å²) in [6.07, 6.45) is 0.727. The Hall–Kier alpha value is -1.59. The first-order valence-corrected chi connectivity index (χ1v) is 6.83. The number of carbonyl (C=O) groups excluding carboxylic acids is 3. The molecule has 0 aromatic carbocycles. The van der Waals surface area contributed by atoms with Crippen molar-refractivity contribution in [3.8, 4) is 0 Å². The second-order valence-electron chi connectivity index (χ2n) is 5.87. The monoisotopic (exact) mass is 286 g/mol. The van der Waals surface area contributed by atoms with E-state index >= 15 is 0 Å². The van der Waals surface area contributed by atoms with E-state index in [0.717, 1.165) is 6.42 Å². The molecule has 0 saturated heterocycles. The number of hydrogen-bond donors (Lipinski definition) is 2. The van der Waals surface area contributed by atoms with Gasteiger partial charge < -0.3 is 15.4 Å². The van der Waals surface area contributed by atoms with Gasteiger partial charge in [0.1, 0.15) is 11.6 Å². The van der Waals surface area contributed by atoms with Crippen LogP contribution in [-0.4, -0.2) is 36.0 Å². The normalized spacial score (nSPS) is 14.1. The molecule has 0 rings (SSSR count). The molecule has 0 spiro atoms. The SMILES string of the molecule is CC[C@H](C)[C@H](NC(=O)CNC(C)=O)C(=O)OC(C)(C)C. The predicted octanol–water partition coefficient (Wildman–Crippen LogP) is 0.995. The van der Waals surface area contributed by atoms with Crippen LogP contribution in [0.1, 0.15) is 48.0 Å². The Labute approximate surface area is 120 Å². The van der Waals surface area contributed by atoms with Gasteiger partial charge in [0.25, 0.3) is 0 Å². The second kappa shape index (κ2) is 7.87. The van der Waals surface area contributed by atoms with Crippen molar-refractivity contribution in [3.05, 3.63) is 0 Å². The topological polar surface area (TPSA) is 84.5 Å². The zero-order chi connectivity index (χ0) is 15.9. The molecule has 0 heterocycles. The van der Waals surface area contributed by atoms with Crippen LogP contribution in [0.2, 0.25) is 0 Å². The molecule has 2 N–H and O–H groups in total. The lowest BCUT2D eigenvalue weighted by Gasteiger charge is -2.27. The summed E-state index contributed by atoms with van der Waals surface area (Å²) in [6, 6.07) is -0.708. The first-order valence-electron chi connectivity index (χ1n) is 6.83. The van der Waals surface area contributed by atoms with E-state index in [9.17, 15) is 14.4 Å². The van der Waals surface area contributed by atoms with Crippen molar-refractivity contribution < 1.29 is 19.1 Å². The average molecular weight is 286 g/mol. The van der Waals surface area contributed by atoms with Gasteiger partial charge in [-0.3, -0.25) is 9.59 Å². The highest BCUT2D eigenvalue weighted by Gasteiger charge is 2.30. The molecular weight excluding hydrogens is 260 g/mol. The van der Waals surface area contributed by atoms with E-state index in [0.29, 0.717) is 0 Å². The Morgan fingerprint density at radius 1 is 1.20 bits per heavy atom. The van der Waals surface area contributed by atoms with Crippen molar-refractivity contribution in [3.63, 3.8) is 0 Å². The molecule has 0 radical (unpaired) electrons. The highest BCUT2D eigenvalue weighted by molar-refractivity contribution is 5.88. The van der Waals surface area contributed by atoms with Crippen molar-refractivity contribution in [1.29, 1.82) is 0 Å². The number of esters is 1. The third-order valence-electron chi connectivity index (χ3n) is 2.69. The van der Waals surface area contributed by atoms with Crippen LogP contribution >= 0.6 is 0 Å². The van der Waals surface area contributed by atoms with Crippen LogP contribution in [-0.2, 0) is 19.1 Å². The summed E-state index contributed by atoms with van der Waals surface area (Å²) < 4.78 is 5.31. The van der Waals surface area contributed by atoms with Gasteiger partial charge in [0.05, 0.1) is 6.54 Å². The van der Waals surface area contributed by atoms with Crippen LogP contribution < -0.4 is 10.6 Å². The Bertz CT molecular complexity index is 361. The van der Waals surface area contributed by atoms with Crippen LogP contribution in [0.3, 0.4) is 0 Å². The number of carbonyl (C=O) groups is 3. The van der Waals surface area contributed by atoms with Gasteiger partial charge in [-0.05, 0) is 26.7 Å². The Morgan fingerprint density at radius 3 is 2.15 bits per heavy atom. The van der Waals surface area contributed by atoms with E-state index in [1.807, 2.05) is 13.8 Å². The summed E-state index contributed by atoms with van der Waals surface area (Å²) in [5, 5.41) is 5.01. The maximum absolute atomic E-state index is 12.1. The van der Waals surface area contributed by atoms with Crippen LogP contribution in [0, 0.1) is 5.92 Å². The lowest BCUT2D eigenvalue weighted by atomic mass is 9.99.